The first-order valence-corrected chi connectivity index (χ1v) is 5.16. The van der Waals surface area contributed by atoms with E-state index in [9.17, 15) is 0 Å². The molecule has 0 aromatic rings. The summed E-state index contributed by atoms with van der Waals surface area (Å²) in [5.41, 5.74) is 0. The number of nitrogens with one attached hydrogen (secondary N) is 1. The van der Waals surface area contributed by atoms with Crippen LogP contribution in [-0.2, 0) is 0 Å². The lowest BCUT2D eigenvalue weighted by Gasteiger charge is -2.20. The van der Waals surface area contributed by atoms with E-state index in [1.807, 2.05) is 6.92 Å². The first-order chi connectivity index (χ1) is 6.24. The van der Waals surface area contributed by atoms with Gasteiger partial charge in [0.05, 0.1) is 6.04 Å². The highest BCUT2D eigenvalue weighted by atomic mass is 15.1. The number of hydrogen-bond donors (Lipinski definition) is 1. The minimum atomic E-state index is 0.195. The average molecular weight is 182 g/mol. The quantitative estimate of drug-likeness (QED) is 0.598. The Kier molecular flexibility index (Phi) is 7.77. The molecule has 1 atom stereocenters. The monoisotopic (exact) mass is 182 g/mol. The van der Waals surface area contributed by atoms with Gasteiger partial charge >= 0.3 is 0 Å². The van der Waals surface area contributed by atoms with Gasteiger partial charge in [-0.2, -0.15) is 0 Å². The molecule has 2 nitrogen and oxygen atoms in total. The van der Waals surface area contributed by atoms with Gasteiger partial charge in [0.15, 0.2) is 0 Å². The van der Waals surface area contributed by atoms with Crippen molar-refractivity contribution < 1.29 is 0 Å². The Labute approximate surface area is 82.7 Å². The van der Waals surface area contributed by atoms with Gasteiger partial charge in [-0.05, 0) is 26.4 Å². The first kappa shape index (κ1) is 12.5. The van der Waals surface area contributed by atoms with E-state index in [0.717, 1.165) is 19.6 Å². The molecule has 0 bridgehead atoms. The molecule has 0 rings (SSSR count). The van der Waals surface area contributed by atoms with Crippen LogP contribution in [0.2, 0.25) is 0 Å². The van der Waals surface area contributed by atoms with Crippen LogP contribution in [0, 0.1) is 12.3 Å². The van der Waals surface area contributed by atoms with Crippen molar-refractivity contribution in [2.75, 3.05) is 26.2 Å². The van der Waals surface area contributed by atoms with Crippen molar-refractivity contribution in [2.45, 2.75) is 33.2 Å². The number of hydrogen-bond acceptors (Lipinski definition) is 2. The lowest BCUT2D eigenvalue weighted by Crippen LogP contribution is -2.35. The molecule has 0 aliphatic rings. The smallest absolute Gasteiger partial charge is 0.0658 e. The molecule has 0 radical (unpaired) electrons. The Morgan fingerprint density at radius 3 is 2.54 bits per heavy atom. The summed E-state index contributed by atoms with van der Waals surface area (Å²) >= 11 is 0. The van der Waals surface area contributed by atoms with E-state index in [-0.39, 0.29) is 6.04 Å². The van der Waals surface area contributed by atoms with Crippen molar-refractivity contribution in [3.05, 3.63) is 0 Å². The number of likely N-dealkylation sites (N-methyl/N-ethyl adjacent to an activating group) is 1. The van der Waals surface area contributed by atoms with Crippen LogP contribution in [0.5, 0.6) is 0 Å². The second-order valence-corrected chi connectivity index (χ2v) is 3.28. The second-order valence-electron chi connectivity index (χ2n) is 3.28. The molecule has 0 saturated heterocycles. The standard InChI is InChI=1S/C11H22N2/c1-5-9-13(7-3)10-8-12-11(4)6-2/h2,11-12H,5,7-10H2,1,3-4H3. The van der Waals surface area contributed by atoms with Crippen LogP contribution in [0.25, 0.3) is 0 Å². The topological polar surface area (TPSA) is 15.3 Å². The van der Waals surface area contributed by atoms with E-state index in [1.54, 1.807) is 0 Å². The molecule has 0 fully saturated rings. The predicted octanol–water partition coefficient (Wildman–Crippen LogP) is 1.33. The normalized spacial score (nSPS) is 12.8. The molecule has 0 amide bonds. The third-order valence-electron chi connectivity index (χ3n) is 2.12. The molecule has 0 heterocycles. The fraction of sp³-hybridized carbons (Fsp3) is 0.818. The Morgan fingerprint density at radius 1 is 1.38 bits per heavy atom. The third-order valence-corrected chi connectivity index (χ3v) is 2.12. The van der Waals surface area contributed by atoms with Gasteiger partial charge in [-0.15, -0.1) is 6.42 Å². The average Bonchev–Trinajstić information content (AvgIpc) is 2.16. The van der Waals surface area contributed by atoms with Gasteiger partial charge in [-0.3, -0.25) is 0 Å². The Balaban J connectivity index is 3.44. The molecule has 0 aliphatic carbocycles. The summed E-state index contributed by atoms with van der Waals surface area (Å²) in [6, 6.07) is 0.195. The van der Waals surface area contributed by atoms with Crippen molar-refractivity contribution in [3.63, 3.8) is 0 Å². The largest absolute Gasteiger partial charge is 0.303 e. The van der Waals surface area contributed by atoms with Crippen molar-refractivity contribution in [2.24, 2.45) is 0 Å². The lowest BCUT2D eigenvalue weighted by molar-refractivity contribution is 0.286. The van der Waals surface area contributed by atoms with E-state index in [0.29, 0.717) is 0 Å². The van der Waals surface area contributed by atoms with E-state index in [2.05, 4.69) is 30.0 Å². The van der Waals surface area contributed by atoms with Crippen LogP contribution >= 0.6 is 0 Å². The molecule has 1 N–H and O–H groups in total. The molecule has 0 spiro atoms. The zero-order valence-corrected chi connectivity index (χ0v) is 9.14. The molecule has 0 aromatic carbocycles. The summed E-state index contributed by atoms with van der Waals surface area (Å²) in [5.74, 6) is 2.66. The zero-order valence-electron chi connectivity index (χ0n) is 9.14. The van der Waals surface area contributed by atoms with Crippen LogP contribution in [0.15, 0.2) is 0 Å². The summed E-state index contributed by atoms with van der Waals surface area (Å²) in [7, 11) is 0. The maximum Gasteiger partial charge on any atom is 0.0658 e. The second kappa shape index (κ2) is 8.10. The van der Waals surface area contributed by atoms with E-state index >= 15 is 0 Å². The highest BCUT2D eigenvalue weighted by molar-refractivity contribution is 4.95. The molecule has 76 valence electrons. The highest BCUT2D eigenvalue weighted by Gasteiger charge is 2.00. The summed E-state index contributed by atoms with van der Waals surface area (Å²) in [5, 5.41) is 3.28. The molecular formula is C11H22N2. The van der Waals surface area contributed by atoms with Gasteiger partial charge in [0, 0.05) is 13.1 Å². The van der Waals surface area contributed by atoms with Gasteiger partial charge in [0.1, 0.15) is 0 Å². The molecule has 2 heteroatoms. The van der Waals surface area contributed by atoms with Gasteiger partial charge in [-0.1, -0.05) is 19.8 Å². The van der Waals surface area contributed by atoms with Crippen LogP contribution < -0.4 is 5.32 Å². The van der Waals surface area contributed by atoms with E-state index in [4.69, 9.17) is 6.42 Å². The summed E-state index contributed by atoms with van der Waals surface area (Å²) < 4.78 is 0. The summed E-state index contributed by atoms with van der Waals surface area (Å²) in [6.45, 7) is 10.8. The maximum absolute atomic E-state index is 5.25. The Hall–Kier alpha value is -0.520. The summed E-state index contributed by atoms with van der Waals surface area (Å²) in [4.78, 5) is 2.43. The van der Waals surface area contributed by atoms with Crippen molar-refractivity contribution in [1.29, 1.82) is 0 Å². The van der Waals surface area contributed by atoms with Crippen molar-refractivity contribution in [3.8, 4) is 12.3 Å². The van der Waals surface area contributed by atoms with E-state index in [1.165, 1.54) is 13.0 Å². The fourth-order valence-corrected chi connectivity index (χ4v) is 1.24. The van der Waals surface area contributed by atoms with Crippen LogP contribution in [0.4, 0.5) is 0 Å². The van der Waals surface area contributed by atoms with Crippen molar-refractivity contribution in [1.82, 2.24) is 10.2 Å². The number of nitrogens with zero attached hydrogens (tertiary/aromatic N) is 1. The SMILES string of the molecule is C#CC(C)NCCN(CC)CCC. The Morgan fingerprint density at radius 2 is 2.08 bits per heavy atom. The fourth-order valence-electron chi connectivity index (χ4n) is 1.24. The first-order valence-electron chi connectivity index (χ1n) is 5.16. The van der Waals surface area contributed by atoms with Gasteiger partial charge in [0.25, 0.3) is 0 Å². The molecule has 0 aromatic heterocycles. The highest BCUT2D eigenvalue weighted by Crippen LogP contribution is 1.89. The third kappa shape index (κ3) is 6.62. The number of terminal acetylenes is 1. The van der Waals surface area contributed by atoms with Gasteiger partial charge in [0.2, 0.25) is 0 Å². The molecule has 0 aliphatic heterocycles. The number of rotatable bonds is 7. The molecule has 1 unspecified atom stereocenters. The van der Waals surface area contributed by atoms with Gasteiger partial charge < -0.3 is 10.2 Å². The molecule has 13 heavy (non-hydrogen) atoms. The lowest BCUT2D eigenvalue weighted by atomic mass is 10.3. The van der Waals surface area contributed by atoms with Crippen LogP contribution in [0.3, 0.4) is 0 Å². The molecule has 0 saturated carbocycles. The Bertz CT molecular complexity index is 149. The van der Waals surface area contributed by atoms with E-state index < -0.39 is 0 Å². The molecular weight excluding hydrogens is 160 g/mol. The maximum atomic E-state index is 5.25. The zero-order chi connectivity index (χ0) is 10.1. The van der Waals surface area contributed by atoms with Crippen LogP contribution in [-0.4, -0.2) is 37.1 Å². The van der Waals surface area contributed by atoms with Crippen LogP contribution in [0.1, 0.15) is 27.2 Å². The minimum absolute atomic E-state index is 0.195. The van der Waals surface area contributed by atoms with Gasteiger partial charge in [-0.25, -0.2) is 0 Å². The predicted molar refractivity (Wildman–Crippen MR) is 58.7 cm³/mol. The minimum Gasteiger partial charge on any atom is -0.303 e. The van der Waals surface area contributed by atoms with Crippen molar-refractivity contribution >= 4 is 0 Å². The summed E-state index contributed by atoms with van der Waals surface area (Å²) in [6.07, 6.45) is 6.47.